The van der Waals surface area contributed by atoms with Crippen molar-refractivity contribution in [1.82, 2.24) is 14.4 Å². The molecule has 1 aromatic rings. The van der Waals surface area contributed by atoms with Crippen LogP contribution in [-0.4, -0.2) is 70.1 Å². The predicted molar refractivity (Wildman–Crippen MR) is 96.5 cm³/mol. The third-order valence-corrected chi connectivity index (χ3v) is 4.74. The van der Waals surface area contributed by atoms with Gasteiger partial charge in [-0.05, 0) is 13.3 Å². The largest absolute Gasteiger partial charge is 0.503 e. The number of piperazine rings is 1. The second-order valence-electron chi connectivity index (χ2n) is 6.54. The molecule has 0 bridgehead atoms. The molecule has 1 saturated heterocycles. The fourth-order valence-electron chi connectivity index (χ4n) is 2.87. The monoisotopic (exact) mass is 365 g/mol. The minimum absolute atomic E-state index is 0.0298. The number of hydrogen-bond acceptors (Lipinski definition) is 6. The molecule has 26 heavy (non-hydrogen) atoms. The summed E-state index contributed by atoms with van der Waals surface area (Å²) in [5.74, 6) is -0.429. The standard InChI is InChI=1S/C17H27N5O4/c1-12-17(26)14(23)4-5-22(12)11-16(25)21-8-6-20(7-9-21)15(24)3-2-13(19)10-18/h4-5,13,26H,2-3,6-11,18-19H2,1H3. The van der Waals surface area contributed by atoms with Gasteiger partial charge in [0.2, 0.25) is 17.2 Å². The van der Waals surface area contributed by atoms with Gasteiger partial charge in [-0.15, -0.1) is 0 Å². The van der Waals surface area contributed by atoms with Crippen molar-refractivity contribution in [3.8, 4) is 5.75 Å². The normalized spacial score (nSPS) is 15.8. The van der Waals surface area contributed by atoms with E-state index < -0.39 is 5.43 Å². The molecule has 1 unspecified atom stereocenters. The number of carbonyl (C=O) groups excluding carboxylic acids is 2. The summed E-state index contributed by atoms with van der Waals surface area (Å²) in [5.41, 5.74) is 11.1. The van der Waals surface area contributed by atoms with Crippen molar-refractivity contribution in [2.45, 2.75) is 32.4 Å². The number of rotatable bonds is 6. The van der Waals surface area contributed by atoms with Crippen LogP contribution in [0.4, 0.5) is 0 Å². The maximum absolute atomic E-state index is 12.5. The van der Waals surface area contributed by atoms with Gasteiger partial charge in [0.05, 0.1) is 5.69 Å². The number of nitrogens with zero attached hydrogens (tertiary/aromatic N) is 3. The molecule has 0 aromatic carbocycles. The molecule has 1 aliphatic heterocycles. The van der Waals surface area contributed by atoms with E-state index in [2.05, 4.69) is 0 Å². The Hall–Kier alpha value is -2.39. The number of pyridine rings is 1. The van der Waals surface area contributed by atoms with E-state index in [9.17, 15) is 19.5 Å². The highest BCUT2D eigenvalue weighted by Crippen LogP contribution is 2.11. The van der Waals surface area contributed by atoms with E-state index in [1.807, 2.05) is 0 Å². The van der Waals surface area contributed by atoms with Crippen LogP contribution in [0.1, 0.15) is 18.5 Å². The first-order valence-corrected chi connectivity index (χ1v) is 8.73. The minimum Gasteiger partial charge on any atom is -0.503 e. The van der Waals surface area contributed by atoms with Gasteiger partial charge in [-0.1, -0.05) is 0 Å². The highest BCUT2D eigenvalue weighted by molar-refractivity contribution is 5.78. The van der Waals surface area contributed by atoms with Crippen LogP contribution in [-0.2, 0) is 16.1 Å². The molecule has 5 N–H and O–H groups in total. The van der Waals surface area contributed by atoms with Gasteiger partial charge in [0.1, 0.15) is 6.54 Å². The fraction of sp³-hybridized carbons (Fsp3) is 0.588. The molecule has 9 nitrogen and oxygen atoms in total. The van der Waals surface area contributed by atoms with Gasteiger partial charge in [-0.25, -0.2) is 0 Å². The fourth-order valence-corrected chi connectivity index (χ4v) is 2.87. The van der Waals surface area contributed by atoms with E-state index in [1.165, 1.54) is 12.3 Å². The van der Waals surface area contributed by atoms with Crippen LogP contribution in [0.3, 0.4) is 0 Å². The molecule has 1 aliphatic rings. The highest BCUT2D eigenvalue weighted by Gasteiger charge is 2.24. The molecule has 1 fully saturated rings. The van der Waals surface area contributed by atoms with Gasteiger partial charge in [0, 0.05) is 57.4 Å². The number of aromatic hydroxyl groups is 1. The lowest BCUT2D eigenvalue weighted by Gasteiger charge is -2.35. The summed E-state index contributed by atoms with van der Waals surface area (Å²) in [7, 11) is 0. The van der Waals surface area contributed by atoms with Crippen molar-refractivity contribution >= 4 is 11.8 Å². The number of amides is 2. The molecule has 0 radical (unpaired) electrons. The lowest BCUT2D eigenvalue weighted by atomic mass is 10.1. The van der Waals surface area contributed by atoms with E-state index >= 15 is 0 Å². The van der Waals surface area contributed by atoms with Crippen LogP contribution in [0, 0.1) is 6.92 Å². The van der Waals surface area contributed by atoms with E-state index in [0.29, 0.717) is 51.3 Å². The highest BCUT2D eigenvalue weighted by atomic mass is 16.3. The summed E-state index contributed by atoms with van der Waals surface area (Å²) in [6.45, 7) is 3.87. The van der Waals surface area contributed by atoms with Gasteiger partial charge < -0.3 is 30.9 Å². The number of aromatic nitrogens is 1. The summed E-state index contributed by atoms with van der Waals surface area (Å²) in [4.78, 5) is 39.4. The molecule has 2 amide bonds. The average molecular weight is 365 g/mol. The van der Waals surface area contributed by atoms with Gasteiger partial charge in [0.15, 0.2) is 5.75 Å². The minimum atomic E-state index is -0.465. The number of hydrogen-bond donors (Lipinski definition) is 3. The number of nitrogens with two attached hydrogens (primary N) is 2. The van der Waals surface area contributed by atoms with Crippen molar-refractivity contribution in [1.29, 1.82) is 0 Å². The van der Waals surface area contributed by atoms with Crippen LogP contribution in [0.25, 0.3) is 0 Å². The zero-order valence-corrected chi connectivity index (χ0v) is 15.1. The Morgan fingerprint density at radius 3 is 2.35 bits per heavy atom. The van der Waals surface area contributed by atoms with Gasteiger partial charge in [-0.2, -0.15) is 0 Å². The van der Waals surface area contributed by atoms with Crippen molar-refractivity contribution in [3.05, 3.63) is 28.2 Å². The summed E-state index contributed by atoms with van der Waals surface area (Å²) in [6.07, 6.45) is 2.42. The quantitative estimate of drug-likeness (QED) is 0.567. The summed E-state index contributed by atoms with van der Waals surface area (Å²) in [5, 5.41) is 9.69. The maximum atomic E-state index is 12.5. The molecule has 1 aromatic heterocycles. The summed E-state index contributed by atoms with van der Waals surface area (Å²) >= 11 is 0. The first-order chi connectivity index (χ1) is 12.3. The summed E-state index contributed by atoms with van der Waals surface area (Å²) < 4.78 is 1.55. The van der Waals surface area contributed by atoms with Crippen LogP contribution in [0.2, 0.25) is 0 Å². The molecule has 0 saturated carbocycles. The van der Waals surface area contributed by atoms with Gasteiger partial charge in [0.25, 0.3) is 0 Å². The topological polar surface area (TPSA) is 135 Å². The maximum Gasteiger partial charge on any atom is 0.242 e. The Labute approximate surface area is 152 Å². The molecule has 0 aliphatic carbocycles. The molecule has 2 heterocycles. The van der Waals surface area contributed by atoms with Crippen molar-refractivity contribution in [3.63, 3.8) is 0 Å². The first kappa shape index (κ1) is 19.9. The molecule has 144 valence electrons. The van der Waals surface area contributed by atoms with E-state index in [4.69, 9.17) is 11.5 Å². The average Bonchev–Trinajstić information content (AvgIpc) is 2.66. The molecular formula is C17H27N5O4. The third kappa shape index (κ3) is 4.83. The second kappa shape index (κ2) is 8.81. The lowest BCUT2D eigenvalue weighted by molar-refractivity contribution is -0.140. The van der Waals surface area contributed by atoms with Crippen molar-refractivity contribution in [2.75, 3.05) is 32.7 Å². The Bertz CT molecular complexity index is 710. The van der Waals surface area contributed by atoms with Crippen molar-refractivity contribution in [2.24, 2.45) is 11.5 Å². The van der Waals surface area contributed by atoms with Crippen LogP contribution >= 0.6 is 0 Å². The van der Waals surface area contributed by atoms with Gasteiger partial charge >= 0.3 is 0 Å². The van der Waals surface area contributed by atoms with E-state index in [1.54, 1.807) is 21.3 Å². The zero-order valence-electron chi connectivity index (χ0n) is 15.1. The lowest BCUT2D eigenvalue weighted by Crippen LogP contribution is -2.51. The van der Waals surface area contributed by atoms with Crippen LogP contribution in [0.15, 0.2) is 17.1 Å². The Morgan fingerprint density at radius 2 is 1.77 bits per heavy atom. The zero-order chi connectivity index (χ0) is 19.3. The first-order valence-electron chi connectivity index (χ1n) is 8.73. The second-order valence-corrected chi connectivity index (χ2v) is 6.54. The molecular weight excluding hydrogens is 338 g/mol. The number of carbonyl (C=O) groups is 2. The molecule has 2 rings (SSSR count). The SMILES string of the molecule is Cc1c(O)c(=O)ccn1CC(=O)N1CCN(C(=O)CCC(N)CN)CC1. The predicted octanol–water partition coefficient (Wildman–Crippen LogP) is -1.40. The third-order valence-electron chi connectivity index (χ3n) is 4.74. The Kier molecular flexibility index (Phi) is 6.76. The Balaban J connectivity index is 1.86. The van der Waals surface area contributed by atoms with Crippen LogP contribution < -0.4 is 16.9 Å². The van der Waals surface area contributed by atoms with E-state index in [0.717, 1.165) is 0 Å². The van der Waals surface area contributed by atoms with E-state index in [-0.39, 0.29) is 30.2 Å². The Morgan fingerprint density at radius 1 is 1.19 bits per heavy atom. The van der Waals surface area contributed by atoms with Crippen molar-refractivity contribution < 1.29 is 14.7 Å². The molecule has 0 spiro atoms. The molecule has 9 heteroatoms. The molecule has 1 atom stereocenters. The van der Waals surface area contributed by atoms with Gasteiger partial charge in [-0.3, -0.25) is 14.4 Å². The summed E-state index contributed by atoms with van der Waals surface area (Å²) in [6, 6.07) is 1.07. The smallest absolute Gasteiger partial charge is 0.242 e. The van der Waals surface area contributed by atoms with Crippen LogP contribution in [0.5, 0.6) is 5.75 Å².